The Labute approximate surface area is 164 Å². The van der Waals surface area contributed by atoms with Crippen molar-refractivity contribution in [2.24, 2.45) is 5.41 Å². The Kier molecular flexibility index (Phi) is 6.47. The number of fused-ring (bicyclic) bond motifs is 1. The maximum atomic E-state index is 12.9. The number of para-hydroxylation sites is 1. The lowest BCUT2D eigenvalue weighted by atomic mass is 9.83. The van der Waals surface area contributed by atoms with Gasteiger partial charge in [-0.25, -0.2) is 4.98 Å². The highest BCUT2D eigenvalue weighted by atomic mass is 32.1. The zero-order valence-corrected chi connectivity index (χ0v) is 16.9. The van der Waals surface area contributed by atoms with Gasteiger partial charge in [0.1, 0.15) is 0 Å². The molecule has 1 aromatic heterocycles. The second kappa shape index (κ2) is 8.83. The van der Waals surface area contributed by atoms with Crippen molar-refractivity contribution in [3.05, 3.63) is 29.3 Å². The number of hydrogen-bond acceptors (Lipinski definition) is 5. The number of nitrogens with zero attached hydrogens (tertiary/aromatic N) is 1. The van der Waals surface area contributed by atoms with E-state index < -0.39 is 5.41 Å². The fourth-order valence-corrected chi connectivity index (χ4v) is 5.01. The number of benzene rings is 1. The highest BCUT2D eigenvalue weighted by Crippen LogP contribution is 2.43. The topological polar surface area (TPSA) is 68.3 Å². The number of thiazole rings is 1. The van der Waals surface area contributed by atoms with Crippen molar-refractivity contribution in [2.45, 2.75) is 64.8 Å². The van der Waals surface area contributed by atoms with Crippen LogP contribution < -0.4 is 5.32 Å². The predicted molar refractivity (Wildman–Crippen MR) is 108 cm³/mol. The molecule has 0 bridgehead atoms. The molecule has 2 aromatic rings. The molecule has 5 nitrogen and oxygen atoms in total. The third-order valence-electron chi connectivity index (χ3n) is 5.28. The first-order chi connectivity index (χ1) is 13.0. The Bertz CT molecular complexity index is 763. The number of hydrogen-bond donors (Lipinski definition) is 1. The van der Waals surface area contributed by atoms with Crippen LogP contribution in [0.2, 0.25) is 0 Å². The molecule has 0 aliphatic heterocycles. The van der Waals surface area contributed by atoms with E-state index in [0.717, 1.165) is 53.7 Å². The average Bonchev–Trinajstić information content (AvgIpc) is 3.27. The van der Waals surface area contributed by atoms with Crippen LogP contribution in [0, 0.1) is 5.41 Å². The van der Waals surface area contributed by atoms with Gasteiger partial charge in [-0.3, -0.25) is 9.59 Å². The van der Waals surface area contributed by atoms with Crippen molar-refractivity contribution in [2.75, 3.05) is 6.61 Å². The highest BCUT2D eigenvalue weighted by Gasteiger charge is 2.43. The molecule has 1 amide bonds. The Morgan fingerprint density at radius 1 is 1.30 bits per heavy atom. The van der Waals surface area contributed by atoms with Crippen molar-refractivity contribution in [3.63, 3.8) is 0 Å². The van der Waals surface area contributed by atoms with E-state index in [4.69, 9.17) is 9.72 Å². The summed E-state index contributed by atoms with van der Waals surface area (Å²) in [6.07, 6.45) is 6.15. The van der Waals surface area contributed by atoms with E-state index in [1.54, 1.807) is 11.3 Å². The Balaban J connectivity index is 1.63. The van der Waals surface area contributed by atoms with Gasteiger partial charge in [-0.1, -0.05) is 38.3 Å². The minimum Gasteiger partial charge on any atom is -0.455 e. The first-order valence-electron chi connectivity index (χ1n) is 9.83. The first kappa shape index (κ1) is 19.8. The molecule has 1 fully saturated rings. The van der Waals surface area contributed by atoms with E-state index in [-0.39, 0.29) is 24.5 Å². The summed E-state index contributed by atoms with van der Waals surface area (Å²) in [5.41, 5.74) is 0.437. The summed E-state index contributed by atoms with van der Waals surface area (Å²) in [4.78, 5) is 29.6. The molecule has 27 heavy (non-hydrogen) atoms. The van der Waals surface area contributed by atoms with Gasteiger partial charge >= 0.3 is 5.97 Å². The van der Waals surface area contributed by atoms with Gasteiger partial charge in [0, 0.05) is 12.5 Å². The largest absolute Gasteiger partial charge is 0.455 e. The van der Waals surface area contributed by atoms with Crippen molar-refractivity contribution in [1.82, 2.24) is 10.3 Å². The zero-order valence-electron chi connectivity index (χ0n) is 16.1. The van der Waals surface area contributed by atoms with Crippen molar-refractivity contribution >= 4 is 33.4 Å². The quantitative estimate of drug-likeness (QED) is 0.687. The predicted octanol–water partition coefficient (Wildman–Crippen LogP) is 4.25. The smallest absolute Gasteiger partial charge is 0.313 e. The minimum absolute atomic E-state index is 0.101. The third-order valence-corrected chi connectivity index (χ3v) is 6.32. The summed E-state index contributed by atoms with van der Waals surface area (Å²) in [7, 11) is 0. The summed E-state index contributed by atoms with van der Waals surface area (Å²) in [6.45, 7) is 3.85. The lowest BCUT2D eigenvalue weighted by Crippen LogP contribution is -2.38. The van der Waals surface area contributed by atoms with E-state index in [1.807, 2.05) is 25.1 Å². The van der Waals surface area contributed by atoms with Crippen molar-refractivity contribution < 1.29 is 14.3 Å². The lowest BCUT2D eigenvalue weighted by Gasteiger charge is -2.25. The van der Waals surface area contributed by atoms with E-state index in [9.17, 15) is 9.59 Å². The molecular weight excluding hydrogens is 360 g/mol. The van der Waals surface area contributed by atoms with E-state index >= 15 is 0 Å². The van der Waals surface area contributed by atoms with Crippen LogP contribution in [0.5, 0.6) is 0 Å². The molecule has 1 saturated carbocycles. The number of rotatable bonds is 8. The van der Waals surface area contributed by atoms with Crippen molar-refractivity contribution in [3.8, 4) is 0 Å². The molecule has 1 atom stereocenters. The van der Waals surface area contributed by atoms with Crippen LogP contribution in [-0.2, 0) is 20.7 Å². The molecule has 6 heteroatoms. The van der Waals surface area contributed by atoms with Gasteiger partial charge in [0.2, 0.25) is 0 Å². The number of amides is 1. The first-order valence-corrected chi connectivity index (χ1v) is 10.6. The molecule has 1 aliphatic rings. The molecule has 1 heterocycles. The van der Waals surface area contributed by atoms with E-state index in [1.165, 1.54) is 0 Å². The van der Waals surface area contributed by atoms with Crippen LogP contribution in [0.4, 0.5) is 0 Å². The molecule has 1 N–H and O–H groups in total. The van der Waals surface area contributed by atoms with Gasteiger partial charge in [-0.05, 0) is 38.3 Å². The zero-order chi connectivity index (χ0) is 19.3. The van der Waals surface area contributed by atoms with Crippen LogP contribution in [0.25, 0.3) is 10.2 Å². The maximum absolute atomic E-state index is 12.9. The number of carbonyl (C=O) groups excluding carboxylic acids is 2. The average molecular weight is 389 g/mol. The van der Waals surface area contributed by atoms with Gasteiger partial charge in [0.15, 0.2) is 6.61 Å². The monoisotopic (exact) mass is 388 g/mol. The van der Waals surface area contributed by atoms with Crippen LogP contribution in [0.1, 0.15) is 57.4 Å². The second-order valence-corrected chi connectivity index (χ2v) is 8.69. The summed E-state index contributed by atoms with van der Waals surface area (Å²) < 4.78 is 6.58. The number of ether oxygens (including phenoxy) is 1. The Morgan fingerprint density at radius 3 is 2.74 bits per heavy atom. The molecule has 146 valence electrons. The number of nitrogens with one attached hydrogen (secondary N) is 1. The summed E-state index contributed by atoms with van der Waals surface area (Å²) in [5, 5.41) is 3.85. The van der Waals surface area contributed by atoms with Gasteiger partial charge < -0.3 is 10.1 Å². The molecule has 0 spiro atoms. The molecular formula is C21H28N2O3S. The molecule has 1 aliphatic carbocycles. The molecule has 0 saturated heterocycles. The minimum atomic E-state index is -0.539. The lowest BCUT2D eigenvalue weighted by molar-refractivity contribution is -0.159. The van der Waals surface area contributed by atoms with Crippen LogP contribution in [-0.4, -0.2) is 29.5 Å². The molecule has 1 unspecified atom stereocenters. The summed E-state index contributed by atoms with van der Waals surface area (Å²) in [6, 6.07) is 8.13. The molecule has 3 rings (SSSR count). The fourth-order valence-electron chi connectivity index (χ4n) is 3.90. The standard InChI is InChI=1S/C21H28N2O3S/c1-3-8-15(2)22-18(24)14-26-20(25)21(11-6-7-12-21)13-19-23-16-9-4-5-10-17(16)27-19/h4-5,9-10,15H,3,6-8,11-14H2,1-2H3,(H,22,24). The number of aromatic nitrogens is 1. The van der Waals surface area contributed by atoms with Crippen molar-refractivity contribution in [1.29, 1.82) is 0 Å². The van der Waals surface area contributed by atoms with Crippen LogP contribution >= 0.6 is 11.3 Å². The summed E-state index contributed by atoms with van der Waals surface area (Å²) >= 11 is 1.64. The van der Waals surface area contributed by atoms with Gasteiger partial charge in [-0.2, -0.15) is 0 Å². The number of esters is 1. The molecule has 0 radical (unpaired) electrons. The highest BCUT2D eigenvalue weighted by molar-refractivity contribution is 7.18. The second-order valence-electron chi connectivity index (χ2n) is 7.57. The van der Waals surface area contributed by atoms with Crippen LogP contribution in [0.15, 0.2) is 24.3 Å². The maximum Gasteiger partial charge on any atom is 0.313 e. The van der Waals surface area contributed by atoms with Crippen LogP contribution in [0.3, 0.4) is 0 Å². The van der Waals surface area contributed by atoms with E-state index in [0.29, 0.717) is 6.42 Å². The SMILES string of the molecule is CCCC(C)NC(=O)COC(=O)C1(Cc2nc3ccccc3s2)CCCC1. The Hall–Kier alpha value is -1.95. The van der Waals surface area contributed by atoms with Gasteiger partial charge in [-0.15, -0.1) is 11.3 Å². The van der Waals surface area contributed by atoms with E-state index in [2.05, 4.69) is 18.3 Å². The number of carbonyl (C=O) groups is 2. The Morgan fingerprint density at radius 2 is 2.04 bits per heavy atom. The fraction of sp³-hybridized carbons (Fsp3) is 0.571. The van der Waals surface area contributed by atoms with Gasteiger partial charge in [0.25, 0.3) is 5.91 Å². The normalized spacial score (nSPS) is 17.0. The molecule has 1 aromatic carbocycles. The van der Waals surface area contributed by atoms with Gasteiger partial charge in [0.05, 0.1) is 20.6 Å². The third kappa shape index (κ3) is 4.86. The summed E-state index contributed by atoms with van der Waals surface area (Å²) in [5.74, 6) is -0.477.